The van der Waals surface area contributed by atoms with Gasteiger partial charge in [0.05, 0.1) is 11.3 Å². The predicted octanol–water partition coefficient (Wildman–Crippen LogP) is 5.55. The average Bonchev–Trinajstić information content (AvgIpc) is 2.80. The maximum absolute atomic E-state index is 13.0. The normalized spacial score (nSPS) is 19.0. The number of halogens is 3. The van der Waals surface area contributed by atoms with Crippen LogP contribution in [0.2, 0.25) is 0 Å². The van der Waals surface area contributed by atoms with E-state index < -0.39 is 11.7 Å². The first-order valence-electron chi connectivity index (χ1n) is 11.4. The summed E-state index contributed by atoms with van der Waals surface area (Å²) in [5.41, 5.74) is 0.335. The summed E-state index contributed by atoms with van der Waals surface area (Å²) in [4.78, 5) is 10.9. The maximum Gasteiger partial charge on any atom is 0.416 e. The van der Waals surface area contributed by atoms with Gasteiger partial charge in [-0.1, -0.05) is 31.4 Å². The van der Waals surface area contributed by atoms with Crippen molar-refractivity contribution in [2.75, 3.05) is 31.1 Å². The molecule has 7 heteroatoms. The summed E-state index contributed by atoms with van der Waals surface area (Å²) < 4.78 is 39.1. The minimum Gasteiger partial charge on any atom is -0.356 e. The molecular weight excluding hydrogens is 401 g/mol. The number of benzene rings is 1. The van der Waals surface area contributed by atoms with Crippen molar-refractivity contribution in [2.24, 2.45) is 11.8 Å². The van der Waals surface area contributed by atoms with Crippen LogP contribution in [0, 0.1) is 11.8 Å². The summed E-state index contributed by atoms with van der Waals surface area (Å²) in [6.45, 7) is 4.23. The minimum absolute atomic E-state index is 0.464. The van der Waals surface area contributed by atoms with E-state index in [2.05, 4.69) is 20.2 Å². The first-order chi connectivity index (χ1) is 15.0. The molecule has 2 aromatic rings. The van der Waals surface area contributed by atoms with Crippen molar-refractivity contribution in [1.29, 1.82) is 0 Å². The fourth-order valence-corrected chi connectivity index (χ4v) is 4.85. The van der Waals surface area contributed by atoms with E-state index in [0.29, 0.717) is 11.3 Å². The van der Waals surface area contributed by atoms with E-state index in [-0.39, 0.29) is 0 Å². The van der Waals surface area contributed by atoms with Gasteiger partial charge in [0.2, 0.25) is 0 Å². The summed E-state index contributed by atoms with van der Waals surface area (Å²) in [7, 11) is 0. The van der Waals surface area contributed by atoms with Gasteiger partial charge < -0.3 is 10.2 Å². The molecule has 4 nitrogen and oxygen atoms in total. The molecule has 4 rings (SSSR count). The Hall–Kier alpha value is -2.15. The van der Waals surface area contributed by atoms with Crippen molar-refractivity contribution >= 4 is 5.82 Å². The standard InChI is InChI=1S/C24H31F3N4/c25-24(26,27)21-6-2-5-20(15-21)22-16-23(30-17-29-22)31-13-9-19(10-14-31)4-1-3-18-7-11-28-12-8-18/h2,5-6,15-19,28H,1,3-4,7-14H2. The SMILES string of the molecule is FC(F)(F)c1cccc(-c2cc(N3CCC(CCCC4CCNCC4)CC3)ncn2)c1. The Morgan fingerprint density at radius 1 is 0.935 bits per heavy atom. The Balaban J connectivity index is 1.31. The van der Waals surface area contributed by atoms with Gasteiger partial charge in [-0.25, -0.2) is 9.97 Å². The van der Waals surface area contributed by atoms with Crippen molar-refractivity contribution in [3.8, 4) is 11.3 Å². The number of hydrogen-bond acceptors (Lipinski definition) is 4. The molecule has 31 heavy (non-hydrogen) atoms. The molecule has 0 spiro atoms. The van der Waals surface area contributed by atoms with Crippen LogP contribution in [0.4, 0.5) is 19.0 Å². The van der Waals surface area contributed by atoms with Gasteiger partial charge in [-0.15, -0.1) is 0 Å². The van der Waals surface area contributed by atoms with Crippen molar-refractivity contribution in [3.63, 3.8) is 0 Å². The fraction of sp³-hybridized carbons (Fsp3) is 0.583. The number of anilines is 1. The van der Waals surface area contributed by atoms with Crippen LogP contribution in [0.1, 0.15) is 50.5 Å². The van der Waals surface area contributed by atoms with Crippen LogP contribution < -0.4 is 10.2 Å². The molecule has 0 atom stereocenters. The predicted molar refractivity (Wildman–Crippen MR) is 117 cm³/mol. The van der Waals surface area contributed by atoms with Crippen molar-refractivity contribution < 1.29 is 13.2 Å². The van der Waals surface area contributed by atoms with E-state index in [1.807, 2.05) is 6.07 Å². The van der Waals surface area contributed by atoms with Crippen LogP contribution in [0.3, 0.4) is 0 Å². The molecule has 168 valence electrons. The monoisotopic (exact) mass is 432 g/mol. The Morgan fingerprint density at radius 2 is 1.65 bits per heavy atom. The highest BCUT2D eigenvalue weighted by Gasteiger charge is 2.30. The number of nitrogens with one attached hydrogen (secondary N) is 1. The molecule has 0 amide bonds. The van der Waals surface area contributed by atoms with Crippen LogP contribution in [-0.2, 0) is 6.18 Å². The molecule has 3 heterocycles. The second-order valence-electron chi connectivity index (χ2n) is 8.89. The molecule has 0 saturated carbocycles. The number of hydrogen-bond donors (Lipinski definition) is 1. The lowest BCUT2D eigenvalue weighted by Gasteiger charge is -2.33. The largest absolute Gasteiger partial charge is 0.416 e. The zero-order valence-corrected chi connectivity index (χ0v) is 17.9. The van der Waals surface area contributed by atoms with E-state index in [1.165, 1.54) is 57.6 Å². The van der Waals surface area contributed by atoms with Crippen LogP contribution in [0.5, 0.6) is 0 Å². The lowest BCUT2D eigenvalue weighted by atomic mass is 9.87. The molecule has 0 unspecified atom stereocenters. The zero-order valence-electron chi connectivity index (χ0n) is 17.9. The molecule has 0 bridgehead atoms. The van der Waals surface area contributed by atoms with Crippen LogP contribution >= 0.6 is 0 Å². The Kier molecular flexibility index (Phi) is 7.10. The molecule has 2 aliphatic rings. The molecule has 2 aliphatic heterocycles. The molecule has 2 saturated heterocycles. The first-order valence-corrected chi connectivity index (χ1v) is 11.4. The van der Waals surface area contributed by atoms with E-state index in [1.54, 1.807) is 6.07 Å². The van der Waals surface area contributed by atoms with Gasteiger partial charge in [0.1, 0.15) is 12.1 Å². The van der Waals surface area contributed by atoms with Crippen LogP contribution in [0.15, 0.2) is 36.7 Å². The van der Waals surface area contributed by atoms with Crippen molar-refractivity contribution in [1.82, 2.24) is 15.3 Å². The third-order valence-corrected chi connectivity index (χ3v) is 6.76. The summed E-state index contributed by atoms with van der Waals surface area (Å²) in [6.07, 6.45) is 6.01. The van der Waals surface area contributed by atoms with E-state index in [0.717, 1.165) is 55.7 Å². The Bertz CT molecular complexity index is 841. The average molecular weight is 433 g/mol. The second-order valence-corrected chi connectivity index (χ2v) is 8.89. The van der Waals surface area contributed by atoms with E-state index >= 15 is 0 Å². The maximum atomic E-state index is 13.0. The Labute approximate surface area is 182 Å². The van der Waals surface area contributed by atoms with Crippen molar-refractivity contribution in [2.45, 2.75) is 51.1 Å². The van der Waals surface area contributed by atoms with Gasteiger partial charge in [0.15, 0.2) is 0 Å². The van der Waals surface area contributed by atoms with Crippen LogP contribution in [-0.4, -0.2) is 36.1 Å². The number of alkyl halides is 3. The number of aromatic nitrogens is 2. The molecule has 2 fully saturated rings. The highest BCUT2D eigenvalue weighted by molar-refractivity contribution is 5.63. The molecule has 1 aromatic heterocycles. The van der Waals surface area contributed by atoms with Gasteiger partial charge in [0, 0.05) is 24.7 Å². The summed E-state index contributed by atoms with van der Waals surface area (Å²) in [5.74, 6) is 2.47. The van der Waals surface area contributed by atoms with Gasteiger partial charge >= 0.3 is 6.18 Å². The lowest BCUT2D eigenvalue weighted by Crippen LogP contribution is -2.34. The van der Waals surface area contributed by atoms with Gasteiger partial charge in [-0.05, 0) is 62.7 Å². The minimum atomic E-state index is -4.36. The highest BCUT2D eigenvalue weighted by atomic mass is 19.4. The molecule has 1 N–H and O–H groups in total. The molecule has 0 radical (unpaired) electrons. The summed E-state index contributed by atoms with van der Waals surface area (Å²) in [6, 6.07) is 7.14. The quantitative estimate of drug-likeness (QED) is 0.650. The summed E-state index contributed by atoms with van der Waals surface area (Å²) in [5, 5.41) is 3.43. The third-order valence-electron chi connectivity index (χ3n) is 6.76. The van der Waals surface area contributed by atoms with E-state index in [4.69, 9.17) is 0 Å². The third kappa shape index (κ3) is 5.97. The number of piperidine rings is 2. The molecule has 0 aliphatic carbocycles. The lowest BCUT2D eigenvalue weighted by molar-refractivity contribution is -0.137. The van der Waals surface area contributed by atoms with Gasteiger partial charge in [-0.3, -0.25) is 0 Å². The molecule has 1 aromatic carbocycles. The number of nitrogens with zero attached hydrogens (tertiary/aromatic N) is 3. The topological polar surface area (TPSA) is 41.0 Å². The zero-order chi connectivity index (χ0) is 21.7. The molecular formula is C24H31F3N4. The van der Waals surface area contributed by atoms with E-state index in [9.17, 15) is 13.2 Å². The highest BCUT2D eigenvalue weighted by Crippen LogP contribution is 2.33. The number of rotatable bonds is 6. The Morgan fingerprint density at radius 3 is 2.35 bits per heavy atom. The van der Waals surface area contributed by atoms with Crippen LogP contribution in [0.25, 0.3) is 11.3 Å². The first kappa shape index (κ1) is 22.1. The fourth-order valence-electron chi connectivity index (χ4n) is 4.85. The van der Waals surface area contributed by atoms with Gasteiger partial charge in [-0.2, -0.15) is 13.2 Å². The van der Waals surface area contributed by atoms with Crippen molar-refractivity contribution in [3.05, 3.63) is 42.2 Å². The van der Waals surface area contributed by atoms with Gasteiger partial charge in [0.25, 0.3) is 0 Å². The summed E-state index contributed by atoms with van der Waals surface area (Å²) >= 11 is 0. The smallest absolute Gasteiger partial charge is 0.356 e. The second kappa shape index (κ2) is 9.98.